The quantitative estimate of drug-likeness (QED) is 0.904. The number of methoxy groups -OCH3 is 1. The van der Waals surface area contributed by atoms with E-state index in [1.165, 1.54) is 30.6 Å². The molecule has 2 atom stereocenters. The summed E-state index contributed by atoms with van der Waals surface area (Å²) in [5, 5.41) is 10.0. The number of rotatable bonds is 4. The number of hydrogen-bond acceptors (Lipinski definition) is 5. The highest BCUT2D eigenvalue weighted by atomic mass is 32.1. The number of carbonyl (C=O) groups is 1. The predicted octanol–water partition coefficient (Wildman–Crippen LogP) is 1.98. The van der Waals surface area contributed by atoms with E-state index in [4.69, 9.17) is 4.74 Å². The SMILES string of the molecule is COCc1nc(N2CC3CCC2C3)sc1C(=O)O. The molecule has 2 unspecified atom stereocenters. The maximum Gasteiger partial charge on any atom is 0.347 e. The van der Waals surface area contributed by atoms with E-state index in [0.29, 0.717) is 16.6 Å². The van der Waals surface area contributed by atoms with Gasteiger partial charge >= 0.3 is 5.97 Å². The van der Waals surface area contributed by atoms with Gasteiger partial charge in [-0.15, -0.1) is 0 Å². The van der Waals surface area contributed by atoms with Crippen molar-refractivity contribution in [2.24, 2.45) is 5.92 Å². The summed E-state index contributed by atoms with van der Waals surface area (Å²) < 4.78 is 5.02. The first-order valence-electron chi connectivity index (χ1n) is 6.17. The number of fused-ring (bicyclic) bond motifs is 2. The van der Waals surface area contributed by atoms with Crippen LogP contribution in [0.2, 0.25) is 0 Å². The van der Waals surface area contributed by atoms with E-state index in [9.17, 15) is 9.90 Å². The molecule has 1 aliphatic carbocycles. The minimum absolute atomic E-state index is 0.264. The third-order valence-corrected chi connectivity index (χ3v) is 4.94. The van der Waals surface area contributed by atoms with Crippen LogP contribution in [0.1, 0.15) is 34.6 Å². The monoisotopic (exact) mass is 268 g/mol. The highest BCUT2D eigenvalue weighted by Crippen LogP contribution is 2.42. The van der Waals surface area contributed by atoms with Crippen molar-refractivity contribution in [1.29, 1.82) is 0 Å². The minimum Gasteiger partial charge on any atom is -0.477 e. The van der Waals surface area contributed by atoms with E-state index in [-0.39, 0.29) is 6.61 Å². The number of nitrogens with zero attached hydrogens (tertiary/aromatic N) is 2. The first-order chi connectivity index (χ1) is 8.69. The average molecular weight is 268 g/mol. The molecule has 3 rings (SSSR count). The Morgan fingerprint density at radius 3 is 3.00 bits per heavy atom. The Kier molecular flexibility index (Phi) is 2.99. The van der Waals surface area contributed by atoms with Crippen molar-refractivity contribution < 1.29 is 14.6 Å². The zero-order valence-electron chi connectivity index (χ0n) is 10.3. The molecule has 2 fully saturated rings. The lowest BCUT2D eigenvalue weighted by atomic mass is 10.1. The second-order valence-electron chi connectivity index (χ2n) is 5.00. The molecule has 2 heterocycles. The van der Waals surface area contributed by atoms with Gasteiger partial charge in [0.05, 0.1) is 12.3 Å². The first kappa shape index (κ1) is 11.9. The molecule has 0 aromatic carbocycles. The van der Waals surface area contributed by atoms with Crippen molar-refractivity contribution in [3.63, 3.8) is 0 Å². The summed E-state index contributed by atoms with van der Waals surface area (Å²) >= 11 is 1.28. The zero-order valence-corrected chi connectivity index (χ0v) is 11.1. The van der Waals surface area contributed by atoms with Crippen LogP contribution in [0.3, 0.4) is 0 Å². The third-order valence-electron chi connectivity index (χ3n) is 3.82. The molecule has 0 amide bonds. The number of thiazole rings is 1. The molecule has 6 heteroatoms. The molecule has 1 aromatic rings. The van der Waals surface area contributed by atoms with Gasteiger partial charge in [-0.25, -0.2) is 9.78 Å². The van der Waals surface area contributed by atoms with Crippen LogP contribution in [-0.2, 0) is 11.3 Å². The van der Waals surface area contributed by atoms with Crippen LogP contribution < -0.4 is 4.90 Å². The summed E-state index contributed by atoms with van der Waals surface area (Å²) in [6, 6.07) is 0.568. The average Bonchev–Trinajstić information content (AvgIpc) is 3.02. The Morgan fingerprint density at radius 1 is 1.61 bits per heavy atom. The van der Waals surface area contributed by atoms with Crippen LogP contribution >= 0.6 is 11.3 Å². The van der Waals surface area contributed by atoms with E-state index in [1.807, 2.05) is 0 Å². The van der Waals surface area contributed by atoms with Crippen LogP contribution in [0, 0.1) is 5.92 Å². The van der Waals surface area contributed by atoms with Crippen LogP contribution in [0.25, 0.3) is 0 Å². The van der Waals surface area contributed by atoms with Crippen LogP contribution in [-0.4, -0.2) is 35.8 Å². The number of aromatic carboxylic acids is 1. The molecule has 0 spiro atoms. The smallest absolute Gasteiger partial charge is 0.347 e. The second-order valence-corrected chi connectivity index (χ2v) is 5.97. The number of ether oxygens (including phenoxy) is 1. The zero-order chi connectivity index (χ0) is 12.7. The number of anilines is 1. The molecule has 1 saturated carbocycles. The summed E-state index contributed by atoms with van der Waals surface area (Å²) in [5.74, 6) is -0.131. The molecule has 98 valence electrons. The van der Waals surface area contributed by atoms with Crippen molar-refractivity contribution in [2.45, 2.75) is 31.9 Å². The van der Waals surface area contributed by atoms with Gasteiger partial charge in [0.1, 0.15) is 4.88 Å². The summed E-state index contributed by atoms with van der Waals surface area (Å²) in [6.07, 6.45) is 3.76. The van der Waals surface area contributed by atoms with Gasteiger partial charge in [-0.1, -0.05) is 11.3 Å². The lowest BCUT2D eigenvalue weighted by Gasteiger charge is -2.26. The van der Waals surface area contributed by atoms with Gasteiger partial charge in [0.15, 0.2) is 5.13 Å². The number of hydrogen-bond donors (Lipinski definition) is 1. The minimum atomic E-state index is -0.907. The van der Waals surface area contributed by atoms with Gasteiger partial charge in [-0.2, -0.15) is 0 Å². The van der Waals surface area contributed by atoms with E-state index >= 15 is 0 Å². The predicted molar refractivity (Wildman–Crippen MR) is 68.3 cm³/mol. The summed E-state index contributed by atoms with van der Waals surface area (Å²) in [5.41, 5.74) is 0.549. The van der Waals surface area contributed by atoms with E-state index in [2.05, 4.69) is 9.88 Å². The molecular weight excluding hydrogens is 252 g/mol. The van der Waals surface area contributed by atoms with Crippen molar-refractivity contribution in [2.75, 3.05) is 18.6 Å². The van der Waals surface area contributed by atoms with Gasteiger partial charge in [-0.05, 0) is 25.2 Å². The Hall–Kier alpha value is -1.14. The van der Waals surface area contributed by atoms with Crippen LogP contribution in [0.4, 0.5) is 5.13 Å². The maximum atomic E-state index is 11.2. The summed E-state index contributed by atoms with van der Waals surface area (Å²) in [6.45, 7) is 1.30. The highest BCUT2D eigenvalue weighted by molar-refractivity contribution is 7.17. The van der Waals surface area contributed by atoms with Crippen LogP contribution in [0.5, 0.6) is 0 Å². The number of aromatic nitrogens is 1. The molecule has 1 aromatic heterocycles. The number of carboxylic acid groups (broad SMARTS) is 1. The summed E-state index contributed by atoms with van der Waals surface area (Å²) in [7, 11) is 1.56. The fourth-order valence-corrected chi connectivity index (χ4v) is 4.01. The molecular formula is C12H16N2O3S. The van der Waals surface area contributed by atoms with Gasteiger partial charge in [-0.3, -0.25) is 0 Å². The van der Waals surface area contributed by atoms with Crippen molar-refractivity contribution in [1.82, 2.24) is 4.98 Å². The van der Waals surface area contributed by atoms with Crippen LogP contribution in [0.15, 0.2) is 0 Å². The van der Waals surface area contributed by atoms with Crippen molar-refractivity contribution in [3.05, 3.63) is 10.6 Å². The fourth-order valence-electron chi connectivity index (χ4n) is 3.02. The highest BCUT2D eigenvalue weighted by Gasteiger charge is 2.39. The van der Waals surface area contributed by atoms with Gasteiger partial charge in [0.2, 0.25) is 0 Å². The standard InChI is InChI=1S/C12H16N2O3S/c1-17-6-9-10(11(15)16)18-12(13-9)14-5-7-2-3-8(14)4-7/h7-8H,2-6H2,1H3,(H,15,16). The molecule has 0 radical (unpaired) electrons. The third kappa shape index (κ3) is 1.89. The topological polar surface area (TPSA) is 62.7 Å². The second kappa shape index (κ2) is 4.51. The number of piperidine rings is 1. The molecule has 2 bridgehead atoms. The normalized spacial score (nSPS) is 25.9. The largest absolute Gasteiger partial charge is 0.477 e. The maximum absolute atomic E-state index is 11.2. The first-order valence-corrected chi connectivity index (χ1v) is 6.99. The van der Waals surface area contributed by atoms with Gasteiger partial charge < -0.3 is 14.7 Å². The Balaban J connectivity index is 1.88. The molecule has 18 heavy (non-hydrogen) atoms. The van der Waals surface area contributed by atoms with E-state index < -0.39 is 5.97 Å². The molecule has 5 nitrogen and oxygen atoms in total. The Morgan fingerprint density at radius 2 is 2.44 bits per heavy atom. The summed E-state index contributed by atoms with van der Waals surface area (Å²) in [4.78, 5) is 18.2. The lowest BCUT2D eigenvalue weighted by molar-refractivity contribution is 0.0697. The van der Waals surface area contributed by atoms with Gasteiger partial charge in [0.25, 0.3) is 0 Å². The number of carboxylic acids is 1. The molecule has 1 saturated heterocycles. The molecule has 2 aliphatic rings. The molecule has 1 aliphatic heterocycles. The van der Waals surface area contributed by atoms with E-state index in [1.54, 1.807) is 7.11 Å². The van der Waals surface area contributed by atoms with Crippen molar-refractivity contribution in [3.8, 4) is 0 Å². The fraction of sp³-hybridized carbons (Fsp3) is 0.667. The van der Waals surface area contributed by atoms with Gasteiger partial charge in [0, 0.05) is 19.7 Å². The lowest BCUT2D eigenvalue weighted by Crippen LogP contribution is -2.31. The Labute approximate surface area is 109 Å². The van der Waals surface area contributed by atoms with Crippen molar-refractivity contribution >= 4 is 22.4 Å². The van der Waals surface area contributed by atoms with E-state index in [0.717, 1.165) is 17.6 Å². The molecule has 1 N–H and O–H groups in total. The Bertz CT molecular complexity index is 474.